The maximum absolute atomic E-state index is 12.8. The van der Waals surface area contributed by atoms with Crippen molar-refractivity contribution in [1.82, 2.24) is 5.32 Å². The molecule has 2 N–H and O–H groups in total. The first kappa shape index (κ1) is 22.8. The highest BCUT2D eigenvalue weighted by Gasteiger charge is 2.13. The second-order valence-electron chi connectivity index (χ2n) is 6.18. The van der Waals surface area contributed by atoms with Gasteiger partial charge < -0.3 is 29.6 Å². The van der Waals surface area contributed by atoms with Crippen molar-refractivity contribution in [1.29, 1.82) is 0 Å². The van der Waals surface area contributed by atoms with Crippen molar-refractivity contribution >= 4 is 23.6 Å². The smallest absolute Gasteiger partial charge is 0.272 e. The molecule has 0 heterocycles. The molecule has 8 heteroatoms. The summed E-state index contributed by atoms with van der Waals surface area (Å²) >= 11 is 0. The van der Waals surface area contributed by atoms with Crippen LogP contribution in [-0.4, -0.2) is 46.4 Å². The van der Waals surface area contributed by atoms with Gasteiger partial charge >= 0.3 is 0 Å². The Morgan fingerprint density at radius 3 is 2.40 bits per heavy atom. The number of anilines is 1. The Bertz CT molecular complexity index is 910. The molecule has 0 atom stereocenters. The summed E-state index contributed by atoms with van der Waals surface area (Å²) in [6, 6.07) is 12.1. The maximum atomic E-state index is 12.8. The van der Waals surface area contributed by atoms with Crippen LogP contribution in [0.15, 0.2) is 48.2 Å². The van der Waals surface area contributed by atoms with E-state index in [4.69, 9.17) is 18.9 Å². The topological polar surface area (TPSA) is 95.1 Å². The minimum atomic E-state index is -0.478. The average molecular weight is 414 g/mol. The molecule has 0 spiro atoms. The first-order valence-electron chi connectivity index (χ1n) is 9.21. The van der Waals surface area contributed by atoms with Crippen molar-refractivity contribution < 1.29 is 28.5 Å². The SMILES string of the molecule is COCCOc1cccc(NC(=O)/C(=C\c2ccc(OC)c(OC)c2)NC(C)=O)c1. The van der Waals surface area contributed by atoms with Gasteiger partial charge in [-0.05, 0) is 35.9 Å². The molecule has 0 radical (unpaired) electrons. The molecule has 0 aromatic heterocycles. The van der Waals surface area contributed by atoms with Gasteiger partial charge in [0.15, 0.2) is 11.5 Å². The molecule has 2 aromatic rings. The van der Waals surface area contributed by atoms with E-state index in [1.54, 1.807) is 55.7 Å². The minimum Gasteiger partial charge on any atom is -0.493 e. The number of hydrogen-bond donors (Lipinski definition) is 2. The predicted octanol–water partition coefficient (Wildman–Crippen LogP) is 2.84. The molecule has 30 heavy (non-hydrogen) atoms. The van der Waals surface area contributed by atoms with E-state index in [1.807, 2.05) is 0 Å². The van der Waals surface area contributed by atoms with Crippen LogP contribution in [0.1, 0.15) is 12.5 Å². The Balaban J connectivity index is 2.23. The molecule has 2 rings (SSSR count). The van der Waals surface area contributed by atoms with E-state index >= 15 is 0 Å². The van der Waals surface area contributed by atoms with Crippen molar-refractivity contribution in [2.45, 2.75) is 6.92 Å². The second kappa shape index (κ2) is 11.5. The van der Waals surface area contributed by atoms with Crippen LogP contribution in [0.4, 0.5) is 5.69 Å². The lowest BCUT2D eigenvalue weighted by atomic mass is 10.1. The lowest BCUT2D eigenvalue weighted by molar-refractivity contribution is -0.120. The van der Waals surface area contributed by atoms with Crippen LogP contribution >= 0.6 is 0 Å². The molecule has 0 unspecified atom stereocenters. The van der Waals surface area contributed by atoms with Crippen molar-refractivity contribution in [2.24, 2.45) is 0 Å². The first-order chi connectivity index (χ1) is 14.5. The van der Waals surface area contributed by atoms with Gasteiger partial charge in [0.1, 0.15) is 18.1 Å². The second-order valence-corrected chi connectivity index (χ2v) is 6.18. The number of carbonyl (C=O) groups is 2. The third-order valence-electron chi connectivity index (χ3n) is 3.92. The van der Waals surface area contributed by atoms with E-state index in [9.17, 15) is 9.59 Å². The van der Waals surface area contributed by atoms with Gasteiger partial charge in [-0.15, -0.1) is 0 Å². The number of nitrogens with one attached hydrogen (secondary N) is 2. The molecule has 0 saturated carbocycles. The van der Waals surface area contributed by atoms with Gasteiger partial charge in [-0.3, -0.25) is 9.59 Å². The number of methoxy groups -OCH3 is 3. The van der Waals surface area contributed by atoms with E-state index < -0.39 is 5.91 Å². The molecular weight excluding hydrogens is 388 g/mol. The van der Waals surface area contributed by atoms with E-state index in [0.717, 1.165) is 0 Å². The summed E-state index contributed by atoms with van der Waals surface area (Å²) in [5, 5.41) is 5.32. The summed E-state index contributed by atoms with van der Waals surface area (Å²) in [7, 11) is 4.65. The number of carbonyl (C=O) groups excluding carboxylic acids is 2. The molecule has 0 aliphatic heterocycles. The van der Waals surface area contributed by atoms with Crippen LogP contribution < -0.4 is 24.8 Å². The zero-order chi connectivity index (χ0) is 21.9. The highest BCUT2D eigenvalue weighted by atomic mass is 16.5. The number of amides is 2. The number of benzene rings is 2. The van der Waals surface area contributed by atoms with Crippen LogP contribution in [0.2, 0.25) is 0 Å². The van der Waals surface area contributed by atoms with Crippen LogP contribution in [0, 0.1) is 0 Å². The molecule has 8 nitrogen and oxygen atoms in total. The maximum Gasteiger partial charge on any atom is 0.272 e. The van der Waals surface area contributed by atoms with Crippen LogP contribution in [0.25, 0.3) is 6.08 Å². The Kier molecular flexibility index (Phi) is 8.71. The van der Waals surface area contributed by atoms with Gasteiger partial charge in [-0.25, -0.2) is 0 Å². The zero-order valence-electron chi connectivity index (χ0n) is 17.5. The molecular formula is C22H26N2O6. The fourth-order valence-electron chi connectivity index (χ4n) is 2.56. The Hall–Kier alpha value is -3.52. The Labute approximate surface area is 175 Å². The van der Waals surface area contributed by atoms with E-state index in [-0.39, 0.29) is 11.6 Å². The predicted molar refractivity (Wildman–Crippen MR) is 114 cm³/mol. The van der Waals surface area contributed by atoms with Crippen LogP contribution in [0.3, 0.4) is 0 Å². The summed E-state index contributed by atoms with van der Waals surface area (Å²) in [5.74, 6) is 0.817. The van der Waals surface area contributed by atoms with Crippen molar-refractivity contribution in [3.8, 4) is 17.2 Å². The molecule has 160 valence electrons. The summed E-state index contributed by atoms with van der Waals surface area (Å²) in [4.78, 5) is 24.4. The first-order valence-corrected chi connectivity index (χ1v) is 9.21. The van der Waals surface area contributed by atoms with Crippen LogP contribution in [0.5, 0.6) is 17.2 Å². The largest absolute Gasteiger partial charge is 0.493 e. The third kappa shape index (κ3) is 6.82. The highest BCUT2D eigenvalue weighted by molar-refractivity contribution is 6.08. The van der Waals surface area contributed by atoms with Gasteiger partial charge in [0.05, 0.1) is 20.8 Å². The molecule has 0 bridgehead atoms. The molecule has 2 aromatic carbocycles. The number of ether oxygens (including phenoxy) is 4. The highest BCUT2D eigenvalue weighted by Crippen LogP contribution is 2.28. The summed E-state index contributed by atoms with van der Waals surface area (Å²) in [6.45, 7) is 2.18. The lowest BCUT2D eigenvalue weighted by Gasteiger charge is -2.12. The third-order valence-corrected chi connectivity index (χ3v) is 3.92. The quantitative estimate of drug-likeness (QED) is 0.459. The van der Waals surface area contributed by atoms with Gasteiger partial charge in [0.25, 0.3) is 5.91 Å². The minimum absolute atomic E-state index is 0.0837. The summed E-state index contributed by atoms with van der Waals surface area (Å²) in [5.41, 5.74) is 1.27. The van der Waals surface area contributed by atoms with Gasteiger partial charge in [0, 0.05) is 25.8 Å². The number of rotatable bonds is 10. The number of hydrogen-bond acceptors (Lipinski definition) is 6. The fraction of sp³-hybridized carbons (Fsp3) is 0.273. The zero-order valence-corrected chi connectivity index (χ0v) is 17.5. The van der Waals surface area contributed by atoms with Crippen molar-refractivity contribution in [3.63, 3.8) is 0 Å². The van der Waals surface area contributed by atoms with Crippen molar-refractivity contribution in [3.05, 3.63) is 53.7 Å². The van der Waals surface area contributed by atoms with Crippen molar-refractivity contribution in [2.75, 3.05) is 39.9 Å². The fourth-order valence-corrected chi connectivity index (χ4v) is 2.56. The standard InChI is InChI=1S/C22H26N2O6/c1-15(25)23-19(12-16-8-9-20(28-3)21(13-16)29-4)22(26)24-17-6-5-7-18(14-17)30-11-10-27-2/h5-9,12-14H,10-11H2,1-4H3,(H,23,25)(H,24,26)/b19-12+. The molecule has 0 aliphatic rings. The van der Waals surface area contributed by atoms with Gasteiger partial charge in [0.2, 0.25) is 5.91 Å². The van der Waals surface area contributed by atoms with E-state index in [1.165, 1.54) is 21.1 Å². The molecule has 0 saturated heterocycles. The average Bonchev–Trinajstić information content (AvgIpc) is 2.73. The van der Waals surface area contributed by atoms with E-state index in [0.29, 0.717) is 41.7 Å². The van der Waals surface area contributed by atoms with Gasteiger partial charge in [-0.1, -0.05) is 12.1 Å². The molecule has 0 fully saturated rings. The monoisotopic (exact) mass is 414 g/mol. The summed E-state index contributed by atoms with van der Waals surface area (Å²) < 4.78 is 21.0. The molecule has 2 amide bonds. The Morgan fingerprint density at radius 2 is 1.73 bits per heavy atom. The van der Waals surface area contributed by atoms with Gasteiger partial charge in [-0.2, -0.15) is 0 Å². The molecule has 0 aliphatic carbocycles. The Morgan fingerprint density at radius 1 is 0.967 bits per heavy atom. The lowest BCUT2D eigenvalue weighted by Crippen LogP contribution is -2.28. The normalized spacial score (nSPS) is 10.9. The summed E-state index contributed by atoms with van der Waals surface area (Å²) in [6.07, 6.45) is 1.55. The van der Waals surface area contributed by atoms with Crippen LogP contribution in [-0.2, 0) is 14.3 Å². The van der Waals surface area contributed by atoms with E-state index in [2.05, 4.69) is 10.6 Å².